The van der Waals surface area contributed by atoms with E-state index in [1.54, 1.807) is 0 Å². The molecular formula is C12H22N2O2. The van der Waals surface area contributed by atoms with Gasteiger partial charge < -0.3 is 15.7 Å². The number of carbonyl (C=O) groups excluding carboxylic acids is 1. The molecule has 4 heteroatoms. The highest BCUT2D eigenvalue weighted by Crippen LogP contribution is 2.27. The highest BCUT2D eigenvalue weighted by molar-refractivity contribution is 5.80. The van der Waals surface area contributed by atoms with E-state index in [-0.39, 0.29) is 30.4 Å². The Labute approximate surface area is 96.8 Å². The van der Waals surface area contributed by atoms with E-state index >= 15 is 0 Å². The van der Waals surface area contributed by atoms with Gasteiger partial charge in [-0.05, 0) is 19.3 Å². The number of amides is 1. The third kappa shape index (κ3) is 2.38. The molecule has 3 atom stereocenters. The van der Waals surface area contributed by atoms with E-state index in [1.165, 1.54) is 0 Å². The Hall–Kier alpha value is -0.610. The van der Waals surface area contributed by atoms with Gasteiger partial charge >= 0.3 is 0 Å². The standard InChI is InChI=1S/C12H22N2O2/c13-11-4-2-1-3-10(11)12(16)14-6-5-9(7-14)8-15/h9-11,15H,1-8,13H2. The molecule has 0 radical (unpaired) electrons. The Morgan fingerprint density at radius 2 is 2.06 bits per heavy atom. The van der Waals surface area contributed by atoms with E-state index < -0.39 is 0 Å². The molecule has 4 nitrogen and oxygen atoms in total. The third-order valence-corrected chi connectivity index (χ3v) is 3.99. The molecule has 1 amide bonds. The van der Waals surface area contributed by atoms with E-state index in [1.807, 2.05) is 4.90 Å². The van der Waals surface area contributed by atoms with Crippen LogP contribution in [-0.2, 0) is 4.79 Å². The predicted octanol–water partition coefficient (Wildman–Crippen LogP) is 0.345. The summed E-state index contributed by atoms with van der Waals surface area (Å²) in [6.07, 6.45) is 5.14. The topological polar surface area (TPSA) is 66.6 Å². The minimum absolute atomic E-state index is 0.0335. The number of carbonyl (C=O) groups is 1. The summed E-state index contributed by atoms with van der Waals surface area (Å²) in [5, 5.41) is 9.07. The number of nitrogens with two attached hydrogens (primary N) is 1. The summed E-state index contributed by atoms with van der Waals surface area (Å²) in [5.41, 5.74) is 6.02. The van der Waals surface area contributed by atoms with Crippen LogP contribution < -0.4 is 5.73 Å². The predicted molar refractivity (Wildman–Crippen MR) is 61.7 cm³/mol. The van der Waals surface area contributed by atoms with Crippen LogP contribution in [0.4, 0.5) is 0 Å². The smallest absolute Gasteiger partial charge is 0.227 e. The van der Waals surface area contributed by atoms with Gasteiger partial charge in [0.05, 0.1) is 5.92 Å². The molecular weight excluding hydrogens is 204 g/mol. The summed E-state index contributed by atoms with van der Waals surface area (Å²) in [5.74, 6) is 0.540. The van der Waals surface area contributed by atoms with Crippen molar-refractivity contribution in [1.82, 2.24) is 4.90 Å². The van der Waals surface area contributed by atoms with Gasteiger partial charge in [-0.2, -0.15) is 0 Å². The number of hydrogen-bond donors (Lipinski definition) is 2. The maximum atomic E-state index is 12.2. The van der Waals surface area contributed by atoms with Gasteiger partial charge in [-0.3, -0.25) is 4.79 Å². The molecule has 1 saturated heterocycles. The van der Waals surface area contributed by atoms with Crippen molar-refractivity contribution in [3.8, 4) is 0 Å². The van der Waals surface area contributed by atoms with Crippen LogP contribution in [0.3, 0.4) is 0 Å². The summed E-state index contributed by atoms with van der Waals surface area (Å²) >= 11 is 0. The molecule has 0 spiro atoms. The molecule has 1 aliphatic carbocycles. The largest absolute Gasteiger partial charge is 0.396 e. The van der Waals surface area contributed by atoms with Gasteiger partial charge in [0.2, 0.25) is 5.91 Å². The molecule has 92 valence electrons. The lowest BCUT2D eigenvalue weighted by Gasteiger charge is -2.31. The van der Waals surface area contributed by atoms with E-state index in [4.69, 9.17) is 10.8 Å². The van der Waals surface area contributed by atoms with E-state index in [0.717, 1.165) is 45.2 Å². The first-order valence-corrected chi connectivity index (χ1v) is 6.37. The monoisotopic (exact) mass is 226 g/mol. The molecule has 1 saturated carbocycles. The number of likely N-dealkylation sites (tertiary alicyclic amines) is 1. The van der Waals surface area contributed by atoms with Gasteiger partial charge in [-0.25, -0.2) is 0 Å². The fourth-order valence-corrected chi connectivity index (χ4v) is 2.88. The maximum Gasteiger partial charge on any atom is 0.227 e. The number of aliphatic hydroxyl groups is 1. The Kier molecular flexibility index (Phi) is 3.82. The average Bonchev–Trinajstić information content (AvgIpc) is 2.77. The molecule has 2 aliphatic rings. The number of aliphatic hydroxyl groups excluding tert-OH is 1. The van der Waals surface area contributed by atoms with Crippen LogP contribution in [0.15, 0.2) is 0 Å². The Balaban J connectivity index is 1.91. The molecule has 0 aromatic carbocycles. The number of nitrogens with zero attached hydrogens (tertiary/aromatic N) is 1. The fourth-order valence-electron chi connectivity index (χ4n) is 2.88. The molecule has 0 aromatic rings. The normalized spacial score (nSPS) is 35.4. The zero-order valence-electron chi connectivity index (χ0n) is 9.77. The Morgan fingerprint density at radius 1 is 1.31 bits per heavy atom. The second-order valence-corrected chi connectivity index (χ2v) is 5.18. The van der Waals surface area contributed by atoms with Crippen LogP contribution in [-0.4, -0.2) is 41.7 Å². The first kappa shape index (κ1) is 11.9. The molecule has 0 bridgehead atoms. The molecule has 16 heavy (non-hydrogen) atoms. The molecule has 3 N–H and O–H groups in total. The van der Waals surface area contributed by atoms with Crippen molar-refractivity contribution in [2.24, 2.45) is 17.6 Å². The Morgan fingerprint density at radius 3 is 2.69 bits per heavy atom. The second-order valence-electron chi connectivity index (χ2n) is 5.18. The van der Waals surface area contributed by atoms with Crippen LogP contribution in [0.5, 0.6) is 0 Å². The van der Waals surface area contributed by atoms with Gasteiger partial charge in [-0.1, -0.05) is 12.8 Å². The van der Waals surface area contributed by atoms with Gasteiger partial charge in [0.15, 0.2) is 0 Å². The van der Waals surface area contributed by atoms with Crippen LogP contribution in [0.1, 0.15) is 32.1 Å². The molecule has 2 fully saturated rings. The molecule has 1 aliphatic heterocycles. The lowest BCUT2D eigenvalue weighted by Crippen LogP contribution is -2.45. The summed E-state index contributed by atoms with van der Waals surface area (Å²) in [6, 6.07) is 0.0504. The fraction of sp³-hybridized carbons (Fsp3) is 0.917. The summed E-state index contributed by atoms with van der Waals surface area (Å²) < 4.78 is 0. The zero-order valence-corrected chi connectivity index (χ0v) is 9.77. The van der Waals surface area contributed by atoms with E-state index in [2.05, 4.69) is 0 Å². The minimum Gasteiger partial charge on any atom is -0.396 e. The van der Waals surface area contributed by atoms with Gasteiger partial charge in [-0.15, -0.1) is 0 Å². The first-order valence-electron chi connectivity index (χ1n) is 6.37. The van der Waals surface area contributed by atoms with Crippen molar-refractivity contribution in [3.63, 3.8) is 0 Å². The lowest BCUT2D eigenvalue weighted by atomic mass is 9.84. The van der Waals surface area contributed by atoms with Crippen molar-refractivity contribution in [2.45, 2.75) is 38.1 Å². The highest BCUT2D eigenvalue weighted by atomic mass is 16.3. The number of hydrogen-bond acceptors (Lipinski definition) is 3. The average molecular weight is 226 g/mol. The zero-order chi connectivity index (χ0) is 11.5. The van der Waals surface area contributed by atoms with E-state index in [9.17, 15) is 4.79 Å². The summed E-state index contributed by atoms with van der Waals surface area (Å²) in [6.45, 7) is 1.71. The first-order chi connectivity index (χ1) is 7.72. The van der Waals surface area contributed by atoms with Crippen LogP contribution >= 0.6 is 0 Å². The van der Waals surface area contributed by atoms with Crippen LogP contribution in [0, 0.1) is 11.8 Å². The summed E-state index contributed by atoms with van der Waals surface area (Å²) in [4.78, 5) is 14.1. The van der Waals surface area contributed by atoms with Crippen molar-refractivity contribution in [3.05, 3.63) is 0 Å². The Bertz CT molecular complexity index is 257. The quantitative estimate of drug-likeness (QED) is 0.714. The van der Waals surface area contributed by atoms with Crippen molar-refractivity contribution < 1.29 is 9.90 Å². The van der Waals surface area contributed by atoms with Crippen LogP contribution in [0.2, 0.25) is 0 Å². The maximum absolute atomic E-state index is 12.2. The molecule has 2 rings (SSSR count). The number of rotatable bonds is 2. The lowest BCUT2D eigenvalue weighted by molar-refractivity contribution is -0.136. The summed E-state index contributed by atoms with van der Waals surface area (Å²) in [7, 11) is 0. The van der Waals surface area contributed by atoms with Gasteiger partial charge in [0.1, 0.15) is 0 Å². The molecule has 1 heterocycles. The van der Waals surface area contributed by atoms with Crippen LogP contribution in [0.25, 0.3) is 0 Å². The van der Waals surface area contributed by atoms with E-state index in [0.29, 0.717) is 0 Å². The molecule has 0 aromatic heterocycles. The second kappa shape index (κ2) is 5.15. The van der Waals surface area contributed by atoms with Gasteiger partial charge in [0.25, 0.3) is 0 Å². The minimum atomic E-state index is 0.0335. The van der Waals surface area contributed by atoms with Crippen molar-refractivity contribution in [1.29, 1.82) is 0 Å². The SMILES string of the molecule is NC1CCCCC1C(=O)N1CCC(CO)C1. The van der Waals surface area contributed by atoms with Crippen molar-refractivity contribution >= 4 is 5.91 Å². The van der Waals surface area contributed by atoms with Crippen molar-refractivity contribution in [2.75, 3.05) is 19.7 Å². The third-order valence-electron chi connectivity index (χ3n) is 3.99. The van der Waals surface area contributed by atoms with Gasteiger partial charge in [0, 0.05) is 31.7 Å². The molecule has 3 unspecified atom stereocenters. The highest BCUT2D eigenvalue weighted by Gasteiger charge is 2.34.